The summed E-state index contributed by atoms with van der Waals surface area (Å²) in [6, 6.07) is 8.65. The second-order valence-corrected chi connectivity index (χ2v) is 8.67. The molecule has 4 heteroatoms. The van der Waals surface area contributed by atoms with Gasteiger partial charge in [0.1, 0.15) is 0 Å². The molecule has 0 aliphatic carbocycles. The van der Waals surface area contributed by atoms with Crippen molar-refractivity contribution in [3.63, 3.8) is 0 Å². The first-order valence-electron chi connectivity index (χ1n) is 6.58. The van der Waals surface area contributed by atoms with Crippen LogP contribution in [0.2, 0.25) is 5.54 Å². The zero-order valence-electron chi connectivity index (χ0n) is 11.8. The molecule has 18 heavy (non-hydrogen) atoms. The summed E-state index contributed by atoms with van der Waals surface area (Å²) in [6.07, 6.45) is 2.40. The van der Waals surface area contributed by atoms with Gasteiger partial charge in [0.2, 0.25) is 0 Å². The van der Waals surface area contributed by atoms with Crippen molar-refractivity contribution in [1.82, 2.24) is 0 Å². The molecule has 1 saturated heterocycles. The molecule has 0 radical (unpaired) electrons. The maximum absolute atomic E-state index is 5.88. The third kappa shape index (κ3) is 2.20. The van der Waals surface area contributed by atoms with Gasteiger partial charge in [0.05, 0.1) is 0 Å². The maximum Gasteiger partial charge on any atom is 0.461 e. The van der Waals surface area contributed by atoms with Gasteiger partial charge in [-0.05, 0) is 31.9 Å². The van der Waals surface area contributed by atoms with Gasteiger partial charge in [-0.15, -0.1) is 0 Å². The van der Waals surface area contributed by atoms with Crippen molar-refractivity contribution >= 4 is 14.4 Å². The Hall–Kier alpha value is -0.843. The predicted octanol–water partition coefficient (Wildman–Crippen LogP) is 3.22. The van der Waals surface area contributed by atoms with Crippen molar-refractivity contribution in [2.75, 3.05) is 25.3 Å². The Labute approximate surface area is 111 Å². The van der Waals surface area contributed by atoms with Gasteiger partial charge < -0.3 is 13.4 Å². The smallest absolute Gasteiger partial charge is 0.382 e. The third-order valence-electron chi connectivity index (χ3n) is 3.95. The van der Waals surface area contributed by atoms with E-state index in [1.54, 1.807) is 14.2 Å². The largest absolute Gasteiger partial charge is 0.461 e. The summed E-state index contributed by atoms with van der Waals surface area (Å²) in [7, 11) is 1.29. The molecule has 2 rings (SSSR count). The van der Waals surface area contributed by atoms with Gasteiger partial charge in [0, 0.05) is 32.0 Å². The molecule has 1 aliphatic rings. The first kappa shape index (κ1) is 13.6. The Kier molecular flexibility index (Phi) is 4.09. The van der Waals surface area contributed by atoms with Crippen LogP contribution < -0.4 is 4.57 Å². The second kappa shape index (κ2) is 5.43. The van der Waals surface area contributed by atoms with E-state index in [2.05, 4.69) is 42.7 Å². The minimum absolute atomic E-state index is 0.488. The number of benzene rings is 1. The van der Waals surface area contributed by atoms with Gasteiger partial charge in [-0.25, -0.2) is 0 Å². The van der Waals surface area contributed by atoms with E-state index in [0.29, 0.717) is 5.54 Å². The van der Waals surface area contributed by atoms with Crippen molar-refractivity contribution in [1.29, 1.82) is 0 Å². The van der Waals surface area contributed by atoms with E-state index in [9.17, 15) is 0 Å². The van der Waals surface area contributed by atoms with Crippen LogP contribution in [0.15, 0.2) is 24.3 Å². The fourth-order valence-electron chi connectivity index (χ4n) is 2.90. The van der Waals surface area contributed by atoms with E-state index < -0.39 is 8.72 Å². The standard InChI is InChI=1S/C14H23NO2Si/c1-12-7-9-14(10-8-12)15-11-5-6-13(2)18(15,16-3)17-4/h7-10,13H,5-6,11H2,1-4H3. The van der Waals surface area contributed by atoms with E-state index in [-0.39, 0.29) is 0 Å². The van der Waals surface area contributed by atoms with Crippen molar-refractivity contribution in [2.24, 2.45) is 0 Å². The molecule has 1 atom stereocenters. The molecule has 0 N–H and O–H groups in total. The lowest BCUT2D eigenvalue weighted by molar-refractivity contribution is 0.217. The van der Waals surface area contributed by atoms with E-state index >= 15 is 0 Å². The number of rotatable bonds is 3. The number of nitrogens with zero attached hydrogens (tertiary/aromatic N) is 1. The summed E-state index contributed by atoms with van der Waals surface area (Å²) in [5, 5.41) is 0. The summed E-state index contributed by atoms with van der Waals surface area (Å²) in [6.45, 7) is 5.39. The zero-order valence-corrected chi connectivity index (χ0v) is 12.8. The van der Waals surface area contributed by atoms with Gasteiger partial charge in [-0.1, -0.05) is 24.6 Å². The molecule has 1 aliphatic heterocycles. The summed E-state index contributed by atoms with van der Waals surface area (Å²) < 4.78 is 14.1. The lowest BCUT2D eigenvalue weighted by atomic mass is 10.2. The quantitative estimate of drug-likeness (QED) is 0.783. The number of aryl methyl sites for hydroxylation is 1. The number of hydrogen-bond donors (Lipinski definition) is 0. The van der Waals surface area contributed by atoms with E-state index in [4.69, 9.17) is 8.85 Å². The third-order valence-corrected chi connectivity index (χ3v) is 7.89. The zero-order chi connectivity index (χ0) is 13.2. The normalized spacial score (nSPS) is 23.1. The molecule has 0 saturated carbocycles. The first-order valence-corrected chi connectivity index (χ1v) is 8.42. The maximum atomic E-state index is 5.88. The summed E-state index contributed by atoms with van der Waals surface area (Å²) in [4.78, 5) is 0. The van der Waals surface area contributed by atoms with Gasteiger partial charge in [-0.2, -0.15) is 0 Å². The van der Waals surface area contributed by atoms with Crippen LogP contribution in [-0.4, -0.2) is 29.5 Å². The van der Waals surface area contributed by atoms with E-state index in [1.165, 1.54) is 24.1 Å². The first-order chi connectivity index (χ1) is 8.64. The molecule has 1 heterocycles. The predicted molar refractivity (Wildman–Crippen MR) is 77.0 cm³/mol. The Bertz CT molecular complexity index is 389. The molecule has 0 amide bonds. The van der Waals surface area contributed by atoms with Gasteiger partial charge >= 0.3 is 8.72 Å². The van der Waals surface area contributed by atoms with Crippen LogP contribution in [0.25, 0.3) is 0 Å². The minimum Gasteiger partial charge on any atom is -0.382 e. The molecule has 0 spiro atoms. The molecular formula is C14H23NO2Si. The molecule has 1 aromatic rings. The average Bonchev–Trinajstić information content (AvgIpc) is 2.40. The van der Waals surface area contributed by atoms with Gasteiger partial charge in [-0.3, -0.25) is 0 Å². The average molecular weight is 265 g/mol. The Morgan fingerprint density at radius 2 is 1.78 bits per heavy atom. The van der Waals surface area contributed by atoms with E-state index in [0.717, 1.165) is 6.54 Å². The van der Waals surface area contributed by atoms with Crippen molar-refractivity contribution in [3.8, 4) is 0 Å². The van der Waals surface area contributed by atoms with Crippen LogP contribution in [0.5, 0.6) is 0 Å². The van der Waals surface area contributed by atoms with Crippen molar-refractivity contribution in [3.05, 3.63) is 29.8 Å². The van der Waals surface area contributed by atoms with Gasteiger partial charge in [0.15, 0.2) is 0 Å². The molecule has 1 fully saturated rings. The number of hydrogen-bond acceptors (Lipinski definition) is 3. The molecule has 1 aromatic carbocycles. The van der Waals surface area contributed by atoms with Gasteiger partial charge in [0.25, 0.3) is 0 Å². The fraction of sp³-hybridized carbons (Fsp3) is 0.571. The highest BCUT2D eigenvalue weighted by Gasteiger charge is 2.51. The monoisotopic (exact) mass is 265 g/mol. The molecule has 0 aromatic heterocycles. The SMILES string of the molecule is CO[Si]1(OC)C(C)CCCN1c1ccc(C)cc1. The van der Waals surface area contributed by atoms with Crippen LogP contribution in [0.1, 0.15) is 25.3 Å². The van der Waals surface area contributed by atoms with Crippen LogP contribution in [0.3, 0.4) is 0 Å². The lowest BCUT2D eigenvalue weighted by Crippen LogP contribution is -2.63. The van der Waals surface area contributed by atoms with Crippen LogP contribution in [0.4, 0.5) is 5.69 Å². The summed E-state index contributed by atoms with van der Waals surface area (Å²) in [5.41, 5.74) is 3.00. The van der Waals surface area contributed by atoms with Crippen molar-refractivity contribution in [2.45, 2.75) is 32.2 Å². The Balaban J connectivity index is 2.36. The van der Waals surface area contributed by atoms with Crippen LogP contribution >= 0.6 is 0 Å². The molecular weight excluding hydrogens is 242 g/mol. The molecule has 3 nitrogen and oxygen atoms in total. The second-order valence-electron chi connectivity index (χ2n) is 5.07. The van der Waals surface area contributed by atoms with Crippen molar-refractivity contribution < 1.29 is 8.85 Å². The molecule has 1 unspecified atom stereocenters. The highest BCUT2D eigenvalue weighted by atomic mass is 28.4. The highest BCUT2D eigenvalue weighted by molar-refractivity contribution is 6.73. The highest BCUT2D eigenvalue weighted by Crippen LogP contribution is 2.38. The lowest BCUT2D eigenvalue weighted by Gasteiger charge is -2.46. The van der Waals surface area contributed by atoms with Crippen LogP contribution in [-0.2, 0) is 8.85 Å². The summed E-state index contributed by atoms with van der Waals surface area (Å²) in [5.74, 6) is 0. The topological polar surface area (TPSA) is 21.7 Å². The fourth-order valence-corrected chi connectivity index (χ4v) is 6.39. The molecule has 100 valence electrons. The Morgan fingerprint density at radius 3 is 2.33 bits per heavy atom. The Morgan fingerprint density at radius 1 is 1.17 bits per heavy atom. The molecule has 0 bridgehead atoms. The summed E-state index contributed by atoms with van der Waals surface area (Å²) >= 11 is 0. The minimum atomic E-state index is -2.29. The van der Waals surface area contributed by atoms with E-state index in [1.807, 2.05) is 0 Å². The number of anilines is 1. The van der Waals surface area contributed by atoms with Crippen LogP contribution in [0, 0.1) is 6.92 Å².